The Hall–Kier alpha value is -2.04. The highest BCUT2D eigenvalue weighted by Crippen LogP contribution is 2.42. The topological polar surface area (TPSA) is 66.8 Å². The predicted molar refractivity (Wildman–Crippen MR) is 115 cm³/mol. The van der Waals surface area contributed by atoms with Crippen molar-refractivity contribution in [1.82, 2.24) is 0 Å². The molecule has 0 spiro atoms. The molecule has 0 aromatic heterocycles. The van der Waals surface area contributed by atoms with Gasteiger partial charge in [-0.15, -0.1) is 0 Å². The van der Waals surface area contributed by atoms with Crippen LogP contribution >= 0.6 is 23.4 Å². The van der Waals surface area contributed by atoms with Crippen LogP contribution in [-0.2, 0) is 27.2 Å². The molecule has 2 aliphatic heterocycles. The Kier molecular flexibility index (Phi) is 5.82. The van der Waals surface area contributed by atoms with Crippen LogP contribution in [0.15, 0.2) is 53.5 Å². The first-order chi connectivity index (χ1) is 14.5. The third kappa shape index (κ3) is 4.91. The molecule has 164 valence electrons. The summed E-state index contributed by atoms with van der Waals surface area (Å²) < 4.78 is 63.8. The number of anilines is 1. The smallest absolute Gasteiger partial charge is 0.316 e. The van der Waals surface area contributed by atoms with E-state index in [1.165, 1.54) is 17.0 Å². The van der Waals surface area contributed by atoms with Crippen molar-refractivity contribution in [3.63, 3.8) is 0 Å². The highest BCUT2D eigenvalue weighted by molar-refractivity contribution is 8.16. The Balaban J connectivity index is 1.67. The summed E-state index contributed by atoms with van der Waals surface area (Å²) in [6.45, 7) is 0. The molecule has 2 saturated heterocycles. The number of thioether (sulfide) groups is 1. The summed E-state index contributed by atoms with van der Waals surface area (Å²) in [6, 6.07) is 10.7. The van der Waals surface area contributed by atoms with Crippen LogP contribution in [0.5, 0.6) is 0 Å². The molecule has 2 atom stereocenters. The van der Waals surface area contributed by atoms with E-state index in [0.29, 0.717) is 10.6 Å². The Morgan fingerprint density at radius 1 is 1.16 bits per heavy atom. The molecule has 2 aromatic carbocycles. The van der Waals surface area contributed by atoms with Gasteiger partial charge in [0.2, 0.25) is 0 Å². The fourth-order valence-corrected chi connectivity index (χ4v) is 7.68. The maximum absolute atomic E-state index is 13.2. The van der Waals surface area contributed by atoms with Crippen molar-refractivity contribution >= 4 is 50.0 Å². The van der Waals surface area contributed by atoms with Crippen LogP contribution in [0.1, 0.15) is 11.1 Å². The number of fused-ring (bicyclic) bond motifs is 1. The van der Waals surface area contributed by atoms with Gasteiger partial charge in [-0.05, 0) is 35.9 Å². The summed E-state index contributed by atoms with van der Waals surface area (Å²) in [4.78, 5) is 18.1. The molecule has 0 aliphatic carbocycles. The minimum atomic E-state index is -4.55. The van der Waals surface area contributed by atoms with Crippen LogP contribution in [-0.4, -0.2) is 42.3 Å². The normalized spacial score (nSPS) is 23.9. The van der Waals surface area contributed by atoms with Crippen molar-refractivity contribution in [3.8, 4) is 0 Å². The second-order valence-corrected chi connectivity index (χ2v) is 11.1. The van der Waals surface area contributed by atoms with E-state index in [1.807, 2.05) is 0 Å². The third-order valence-electron chi connectivity index (χ3n) is 5.01. The number of amides is 1. The number of hydrogen-bond acceptors (Lipinski definition) is 4. The number of halogens is 4. The number of nitrogens with zero attached hydrogens (tertiary/aromatic N) is 2. The van der Waals surface area contributed by atoms with Gasteiger partial charge >= 0.3 is 6.18 Å². The summed E-state index contributed by atoms with van der Waals surface area (Å²) in [6.07, 6.45) is -4.56. The van der Waals surface area contributed by atoms with E-state index in [0.717, 1.165) is 23.9 Å². The number of benzene rings is 2. The summed E-state index contributed by atoms with van der Waals surface area (Å²) in [5, 5.41) is 0.337. The minimum Gasteiger partial charge on any atom is -0.316 e. The highest BCUT2D eigenvalue weighted by Gasteiger charge is 2.49. The van der Waals surface area contributed by atoms with E-state index in [9.17, 15) is 26.4 Å². The summed E-state index contributed by atoms with van der Waals surface area (Å²) in [5.74, 6) is -0.794. The Labute approximate surface area is 186 Å². The maximum Gasteiger partial charge on any atom is 0.416 e. The van der Waals surface area contributed by atoms with Crippen molar-refractivity contribution in [3.05, 3.63) is 64.7 Å². The lowest BCUT2D eigenvalue weighted by Crippen LogP contribution is -2.38. The molecule has 0 bridgehead atoms. The Morgan fingerprint density at radius 2 is 1.87 bits per heavy atom. The molecular weight excluding hydrogens is 473 g/mol. The quantitative estimate of drug-likeness (QED) is 0.647. The van der Waals surface area contributed by atoms with Gasteiger partial charge in [0.05, 0.1) is 29.5 Å². The van der Waals surface area contributed by atoms with Gasteiger partial charge in [-0.3, -0.25) is 4.79 Å². The third-order valence-corrected chi connectivity index (χ3v) is 8.47. The Bertz CT molecular complexity index is 1150. The van der Waals surface area contributed by atoms with Crippen LogP contribution in [0.25, 0.3) is 0 Å². The van der Waals surface area contributed by atoms with Crippen LogP contribution < -0.4 is 4.90 Å². The molecule has 4 rings (SSSR count). The van der Waals surface area contributed by atoms with Gasteiger partial charge in [-0.2, -0.15) is 18.2 Å². The number of carbonyl (C=O) groups excluding carboxylic acids is 1. The van der Waals surface area contributed by atoms with E-state index in [1.54, 1.807) is 24.3 Å². The Morgan fingerprint density at radius 3 is 2.55 bits per heavy atom. The molecule has 31 heavy (non-hydrogen) atoms. The average molecular weight is 489 g/mol. The number of aliphatic imine (C=N–C) groups is 1. The number of carbonyl (C=O) groups is 1. The SMILES string of the molecule is O=C(Cc1ccc(Cl)cc1)N=C1S[C@H]2CS(=O)(=O)C[C@@H]2N1c1cccc(C(F)(F)F)c1. The molecular formula is C20H16ClF3N2O3S2. The summed E-state index contributed by atoms with van der Waals surface area (Å²) in [7, 11) is -3.33. The van der Waals surface area contributed by atoms with E-state index in [-0.39, 0.29) is 28.8 Å². The number of amidine groups is 1. The van der Waals surface area contributed by atoms with Gasteiger partial charge in [-0.25, -0.2) is 8.42 Å². The summed E-state index contributed by atoms with van der Waals surface area (Å²) in [5.41, 5.74) is -0.00810. The standard InChI is InChI=1S/C20H16ClF3N2O3S2/c21-14-6-4-12(5-7-14)8-18(27)25-19-26(16-10-31(28,29)11-17(16)30-19)15-3-1-2-13(9-15)20(22,23)24/h1-7,9,16-17H,8,10-11H2/t16-,17-/m0/s1. The highest BCUT2D eigenvalue weighted by atomic mass is 35.5. The van der Waals surface area contributed by atoms with Gasteiger partial charge in [0, 0.05) is 16.0 Å². The monoisotopic (exact) mass is 488 g/mol. The van der Waals surface area contributed by atoms with E-state index < -0.39 is 38.8 Å². The van der Waals surface area contributed by atoms with Gasteiger partial charge in [0.25, 0.3) is 5.91 Å². The lowest BCUT2D eigenvalue weighted by molar-refractivity contribution is -0.137. The first-order valence-electron chi connectivity index (χ1n) is 9.21. The molecule has 2 heterocycles. The summed E-state index contributed by atoms with van der Waals surface area (Å²) >= 11 is 6.96. The molecule has 5 nitrogen and oxygen atoms in total. The fraction of sp³-hybridized carbons (Fsp3) is 0.300. The van der Waals surface area contributed by atoms with Crippen LogP contribution in [0.4, 0.5) is 18.9 Å². The zero-order chi connectivity index (χ0) is 22.4. The first-order valence-corrected chi connectivity index (χ1v) is 12.3. The fourth-order valence-electron chi connectivity index (χ4n) is 3.62. The van der Waals surface area contributed by atoms with Crippen molar-refractivity contribution in [2.24, 2.45) is 4.99 Å². The zero-order valence-corrected chi connectivity index (χ0v) is 18.2. The second-order valence-electron chi connectivity index (χ2n) is 7.31. The van der Waals surface area contributed by atoms with Gasteiger partial charge in [0.1, 0.15) is 0 Å². The lowest BCUT2D eigenvalue weighted by Gasteiger charge is -2.25. The molecule has 2 aromatic rings. The van der Waals surface area contributed by atoms with Crippen molar-refractivity contribution in [2.45, 2.75) is 23.9 Å². The van der Waals surface area contributed by atoms with Crippen molar-refractivity contribution in [1.29, 1.82) is 0 Å². The van der Waals surface area contributed by atoms with Crippen LogP contribution in [0.2, 0.25) is 5.02 Å². The minimum absolute atomic E-state index is 0.00864. The molecule has 0 N–H and O–H groups in total. The zero-order valence-electron chi connectivity index (χ0n) is 15.8. The van der Waals surface area contributed by atoms with Crippen LogP contribution in [0.3, 0.4) is 0 Å². The van der Waals surface area contributed by atoms with E-state index in [4.69, 9.17) is 11.6 Å². The molecule has 2 fully saturated rings. The van der Waals surface area contributed by atoms with Gasteiger partial charge in [-0.1, -0.05) is 41.6 Å². The number of rotatable bonds is 3. The predicted octanol–water partition coefficient (Wildman–Crippen LogP) is 4.20. The number of hydrogen-bond donors (Lipinski definition) is 0. The van der Waals surface area contributed by atoms with E-state index in [2.05, 4.69) is 4.99 Å². The largest absolute Gasteiger partial charge is 0.416 e. The van der Waals surface area contributed by atoms with Crippen LogP contribution in [0, 0.1) is 0 Å². The van der Waals surface area contributed by atoms with Crippen molar-refractivity contribution in [2.75, 3.05) is 16.4 Å². The molecule has 2 aliphatic rings. The lowest BCUT2D eigenvalue weighted by atomic mass is 10.1. The molecule has 1 amide bonds. The van der Waals surface area contributed by atoms with Gasteiger partial charge < -0.3 is 4.90 Å². The molecule has 0 unspecified atom stereocenters. The maximum atomic E-state index is 13.2. The van der Waals surface area contributed by atoms with E-state index >= 15 is 0 Å². The number of alkyl halides is 3. The second kappa shape index (κ2) is 8.14. The van der Waals surface area contributed by atoms with Gasteiger partial charge in [0.15, 0.2) is 15.0 Å². The van der Waals surface area contributed by atoms with Crippen molar-refractivity contribution < 1.29 is 26.4 Å². The average Bonchev–Trinajstić information content (AvgIpc) is 3.13. The number of sulfone groups is 1. The molecule has 11 heteroatoms. The molecule has 0 saturated carbocycles. The molecule has 0 radical (unpaired) electrons. The first kappa shape index (κ1) is 22.2.